The van der Waals surface area contributed by atoms with Gasteiger partial charge in [0.05, 0.1) is 18.5 Å². The van der Waals surface area contributed by atoms with Crippen LogP contribution in [0.3, 0.4) is 0 Å². The number of aromatic nitrogens is 3. The summed E-state index contributed by atoms with van der Waals surface area (Å²) in [5, 5.41) is 17.4. The van der Waals surface area contributed by atoms with Crippen molar-refractivity contribution >= 4 is 11.7 Å². The van der Waals surface area contributed by atoms with Gasteiger partial charge < -0.3 is 15.5 Å². The van der Waals surface area contributed by atoms with Crippen LogP contribution in [0.2, 0.25) is 0 Å². The molecule has 1 aliphatic rings. The zero-order chi connectivity index (χ0) is 17.5. The molecule has 2 heterocycles. The second kappa shape index (κ2) is 8.27. The molecule has 8 heteroatoms. The average molecular weight is 342 g/mol. The third-order valence-corrected chi connectivity index (χ3v) is 3.93. The number of urea groups is 1. The van der Waals surface area contributed by atoms with E-state index in [9.17, 15) is 4.79 Å². The van der Waals surface area contributed by atoms with Crippen molar-refractivity contribution in [3.8, 4) is 0 Å². The zero-order valence-electron chi connectivity index (χ0n) is 14.2. The first-order valence-corrected chi connectivity index (χ1v) is 8.36. The second-order valence-electron chi connectivity index (χ2n) is 5.99. The molecule has 132 valence electrons. The topological polar surface area (TPSA) is 93.4 Å². The highest BCUT2D eigenvalue weighted by molar-refractivity contribution is 6.01. The first-order chi connectivity index (χ1) is 12.2. The molecule has 0 radical (unpaired) electrons. The molecule has 1 aromatic heterocycles. The van der Waals surface area contributed by atoms with Gasteiger partial charge in [0.25, 0.3) is 0 Å². The molecule has 8 nitrogen and oxygen atoms in total. The molecule has 2 aromatic rings. The van der Waals surface area contributed by atoms with Gasteiger partial charge in [-0.05, 0) is 18.9 Å². The molecule has 0 spiro atoms. The van der Waals surface area contributed by atoms with Crippen LogP contribution in [0.15, 0.2) is 41.8 Å². The Morgan fingerprint density at radius 1 is 1.32 bits per heavy atom. The Morgan fingerprint density at radius 2 is 2.16 bits per heavy atom. The molecule has 2 N–H and O–H groups in total. The van der Waals surface area contributed by atoms with Crippen LogP contribution in [0.4, 0.5) is 4.79 Å². The molecule has 1 aliphatic heterocycles. The molecular weight excluding hydrogens is 320 g/mol. The Balaban J connectivity index is 1.31. The van der Waals surface area contributed by atoms with Gasteiger partial charge in [0.2, 0.25) is 0 Å². The maximum atomic E-state index is 11.8. The maximum absolute atomic E-state index is 11.8. The van der Waals surface area contributed by atoms with E-state index in [0.29, 0.717) is 19.5 Å². The number of benzene rings is 1. The lowest BCUT2D eigenvalue weighted by atomic mass is 10.0. The van der Waals surface area contributed by atoms with E-state index in [-0.39, 0.29) is 12.1 Å². The first-order valence-electron chi connectivity index (χ1n) is 8.36. The van der Waals surface area contributed by atoms with Crippen molar-refractivity contribution in [3.05, 3.63) is 47.8 Å². The van der Waals surface area contributed by atoms with E-state index in [4.69, 9.17) is 4.84 Å². The van der Waals surface area contributed by atoms with Crippen LogP contribution in [0, 0.1) is 6.92 Å². The quantitative estimate of drug-likeness (QED) is 0.745. The van der Waals surface area contributed by atoms with Crippen LogP contribution in [0.25, 0.3) is 0 Å². The SMILES string of the molecule is Cc1ccc(C2=NOC(CNC(=O)NCCCn3ccnn3)C2)cc1. The van der Waals surface area contributed by atoms with Crippen molar-refractivity contribution in [2.75, 3.05) is 13.1 Å². The van der Waals surface area contributed by atoms with Gasteiger partial charge in [-0.15, -0.1) is 5.10 Å². The smallest absolute Gasteiger partial charge is 0.314 e. The number of hydrogen-bond acceptors (Lipinski definition) is 5. The Hall–Kier alpha value is -2.90. The number of hydrogen-bond donors (Lipinski definition) is 2. The molecule has 0 saturated heterocycles. The van der Waals surface area contributed by atoms with Gasteiger partial charge in [-0.25, -0.2) is 4.79 Å². The fraction of sp³-hybridized carbons (Fsp3) is 0.412. The molecule has 1 atom stereocenters. The normalized spacial score (nSPS) is 16.2. The lowest BCUT2D eigenvalue weighted by Gasteiger charge is -2.11. The van der Waals surface area contributed by atoms with E-state index in [0.717, 1.165) is 24.2 Å². The molecule has 1 aromatic carbocycles. The predicted octanol–water partition coefficient (Wildman–Crippen LogP) is 1.47. The second-order valence-corrected chi connectivity index (χ2v) is 5.99. The van der Waals surface area contributed by atoms with Crippen molar-refractivity contribution in [2.24, 2.45) is 5.16 Å². The van der Waals surface area contributed by atoms with Gasteiger partial charge >= 0.3 is 6.03 Å². The minimum absolute atomic E-state index is 0.128. The summed E-state index contributed by atoms with van der Waals surface area (Å²) in [6, 6.07) is 7.97. The van der Waals surface area contributed by atoms with Gasteiger partial charge in [-0.1, -0.05) is 40.2 Å². The zero-order valence-corrected chi connectivity index (χ0v) is 14.2. The Kier molecular flexibility index (Phi) is 5.61. The monoisotopic (exact) mass is 342 g/mol. The van der Waals surface area contributed by atoms with E-state index >= 15 is 0 Å². The number of aryl methyl sites for hydroxylation is 2. The minimum atomic E-state index is -0.203. The number of nitrogens with zero attached hydrogens (tertiary/aromatic N) is 4. The highest BCUT2D eigenvalue weighted by Crippen LogP contribution is 2.16. The Bertz CT molecular complexity index is 711. The highest BCUT2D eigenvalue weighted by Gasteiger charge is 2.22. The number of oxime groups is 1. The number of nitrogens with one attached hydrogen (secondary N) is 2. The van der Waals surface area contributed by atoms with Crippen molar-refractivity contribution in [1.29, 1.82) is 0 Å². The van der Waals surface area contributed by atoms with Crippen LogP contribution < -0.4 is 10.6 Å². The molecule has 0 aliphatic carbocycles. The van der Waals surface area contributed by atoms with Crippen LogP contribution in [0.1, 0.15) is 24.0 Å². The van der Waals surface area contributed by atoms with Gasteiger partial charge in [-0.2, -0.15) is 0 Å². The van der Waals surface area contributed by atoms with E-state index in [2.05, 4.69) is 38.2 Å². The number of carbonyl (C=O) groups excluding carboxylic acids is 1. The fourth-order valence-electron chi connectivity index (χ4n) is 2.52. The van der Waals surface area contributed by atoms with Crippen LogP contribution in [-0.2, 0) is 11.4 Å². The van der Waals surface area contributed by atoms with Gasteiger partial charge in [0.15, 0.2) is 6.10 Å². The first kappa shape index (κ1) is 16.9. The highest BCUT2D eigenvalue weighted by atomic mass is 16.6. The summed E-state index contributed by atoms with van der Waals surface area (Å²) in [6.07, 6.45) is 4.78. The number of amides is 2. The number of rotatable bonds is 7. The number of carbonyl (C=O) groups is 1. The van der Waals surface area contributed by atoms with Gasteiger partial charge in [0.1, 0.15) is 0 Å². The molecule has 25 heavy (non-hydrogen) atoms. The Labute approximate surface area is 146 Å². The summed E-state index contributed by atoms with van der Waals surface area (Å²) in [7, 11) is 0. The molecule has 2 amide bonds. The van der Waals surface area contributed by atoms with Crippen LogP contribution in [0.5, 0.6) is 0 Å². The van der Waals surface area contributed by atoms with E-state index in [1.54, 1.807) is 17.1 Å². The lowest BCUT2D eigenvalue weighted by Crippen LogP contribution is -2.40. The average Bonchev–Trinajstić information content (AvgIpc) is 3.29. The summed E-state index contributed by atoms with van der Waals surface area (Å²) < 4.78 is 1.73. The molecule has 0 fully saturated rings. The maximum Gasteiger partial charge on any atom is 0.314 e. The van der Waals surface area contributed by atoms with Crippen LogP contribution in [-0.4, -0.2) is 45.9 Å². The third-order valence-electron chi connectivity index (χ3n) is 3.93. The van der Waals surface area contributed by atoms with Crippen molar-refractivity contribution < 1.29 is 9.63 Å². The summed E-state index contributed by atoms with van der Waals surface area (Å²) >= 11 is 0. The largest absolute Gasteiger partial charge is 0.390 e. The van der Waals surface area contributed by atoms with Crippen LogP contribution >= 0.6 is 0 Å². The minimum Gasteiger partial charge on any atom is -0.390 e. The lowest BCUT2D eigenvalue weighted by molar-refractivity contribution is 0.0865. The summed E-state index contributed by atoms with van der Waals surface area (Å²) in [5.74, 6) is 0. The van der Waals surface area contributed by atoms with Crippen molar-refractivity contribution in [2.45, 2.75) is 32.4 Å². The fourth-order valence-corrected chi connectivity index (χ4v) is 2.52. The molecule has 1 unspecified atom stereocenters. The molecule has 0 bridgehead atoms. The van der Waals surface area contributed by atoms with Crippen molar-refractivity contribution in [3.63, 3.8) is 0 Å². The van der Waals surface area contributed by atoms with Gasteiger partial charge in [0, 0.05) is 25.7 Å². The molecule has 3 rings (SSSR count). The molecule has 0 saturated carbocycles. The predicted molar refractivity (Wildman–Crippen MR) is 93.2 cm³/mol. The summed E-state index contributed by atoms with van der Waals surface area (Å²) in [4.78, 5) is 17.2. The van der Waals surface area contributed by atoms with Gasteiger partial charge in [-0.3, -0.25) is 4.68 Å². The van der Waals surface area contributed by atoms with Crippen molar-refractivity contribution in [1.82, 2.24) is 25.6 Å². The van der Waals surface area contributed by atoms with E-state index in [1.807, 2.05) is 19.1 Å². The third kappa shape index (κ3) is 5.03. The standard InChI is InChI=1S/C17H22N6O2/c1-13-3-5-14(6-4-13)16-11-15(25-21-16)12-19-17(24)18-7-2-9-23-10-8-20-22-23/h3-6,8,10,15H,2,7,9,11-12H2,1H3,(H2,18,19,24). The summed E-state index contributed by atoms with van der Waals surface area (Å²) in [5.41, 5.74) is 3.19. The van der Waals surface area contributed by atoms with E-state index < -0.39 is 0 Å². The Morgan fingerprint density at radius 3 is 2.92 bits per heavy atom. The summed E-state index contributed by atoms with van der Waals surface area (Å²) in [6.45, 7) is 3.77. The molecular formula is C17H22N6O2. The van der Waals surface area contributed by atoms with E-state index in [1.165, 1.54) is 5.56 Å².